The van der Waals surface area contributed by atoms with Crippen molar-refractivity contribution in [3.05, 3.63) is 75.4 Å². The fourth-order valence-electron chi connectivity index (χ4n) is 2.64. The Balaban J connectivity index is 1.67. The van der Waals surface area contributed by atoms with Crippen LogP contribution >= 0.6 is 23.2 Å². The Morgan fingerprint density at radius 3 is 2.41 bits per heavy atom. The van der Waals surface area contributed by atoms with Crippen LogP contribution in [-0.2, 0) is 13.0 Å². The Kier molecular flexibility index (Phi) is 6.74. The summed E-state index contributed by atoms with van der Waals surface area (Å²) in [5.41, 5.74) is 7.52. The molecule has 150 valence electrons. The molecule has 2 aromatic carbocycles. The Bertz CT molecular complexity index is 992. The summed E-state index contributed by atoms with van der Waals surface area (Å²) < 4.78 is 0. The molecule has 0 radical (unpaired) electrons. The Hall–Kier alpha value is -3.03. The summed E-state index contributed by atoms with van der Waals surface area (Å²) in [6, 6.07) is 13.0. The van der Waals surface area contributed by atoms with Gasteiger partial charge in [0.2, 0.25) is 5.95 Å². The van der Waals surface area contributed by atoms with E-state index < -0.39 is 5.91 Å². The lowest BCUT2D eigenvalue weighted by molar-refractivity contribution is 0.100. The molecule has 0 spiro atoms. The number of phenols is 1. The SMILES string of the molecule is NC(=O)c1cnc(NCCc2cc(Cl)c(O)c(Cl)c2)nc1NCc1ccccc1. The number of carbonyl (C=O) groups excluding carboxylic acids is 1. The van der Waals surface area contributed by atoms with E-state index in [1.54, 1.807) is 12.1 Å². The molecule has 1 heterocycles. The van der Waals surface area contributed by atoms with Crippen molar-refractivity contribution in [2.45, 2.75) is 13.0 Å². The number of amides is 1. The van der Waals surface area contributed by atoms with Gasteiger partial charge in [-0.15, -0.1) is 0 Å². The van der Waals surface area contributed by atoms with Gasteiger partial charge in [-0.1, -0.05) is 53.5 Å². The van der Waals surface area contributed by atoms with Crippen molar-refractivity contribution in [2.24, 2.45) is 5.73 Å². The number of anilines is 2. The third-order valence-corrected chi connectivity index (χ3v) is 4.71. The average Bonchev–Trinajstić information content (AvgIpc) is 2.71. The van der Waals surface area contributed by atoms with E-state index in [0.717, 1.165) is 11.1 Å². The van der Waals surface area contributed by atoms with Crippen molar-refractivity contribution >= 4 is 40.9 Å². The predicted molar refractivity (Wildman–Crippen MR) is 115 cm³/mol. The number of carbonyl (C=O) groups is 1. The lowest BCUT2D eigenvalue weighted by Crippen LogP contribution is -2.18. The minimum absolute atomic E-state index is 0.135. The first kappa shape index (κ1) is 20.7. The third-order valence-electron chi connectivity index (χ3n) is 4.13. The van der Waals surface area contributed by atoms with Crippen LogP contribution in [0.4, 0.5) is 11.8 Å². The van der Waals surface area contributed by atoms with Gasteiger partial charge in [-0.25, -0.2) is 4.98 Å². The van der Waals surface area contributed by atoms with Crippen molar-refractivity contribution in [3.63, 3.8) is 0 Å². The number of aromatic hydroxyl groups is 1. The second-order valence-electron chi connectivity index (χ2n) is 6.24. The third kappa shape index (κ3) is 5.49. The normalized spacial score (nSPS) is 10.6. The van der Waals surface area contributed by atoms with Gasteiger partial charge in [-0.3, -0.25) is 4.79 Å². The maximum atomic E-state index is 11.7. The summed E-state index contributed by atoms with van der Waals surface area (Å²) in [4.78, 5) is 20.2. The Morgan fingerprint density at radius 2 is 1.76 bits per heavy atom. The van der Waals surface area contributed by atoms with Crippen LogP contribution in [0.2, 0.25) is 10.0 Å². The van der Waals surface area contributed by atoms with Crippen LogP contribution in [0.25, 0.3) is 0 Å². The van der Waals surface area contributed by atoms with E-state index in [2.05, 4.69) is 20.6 Å². The molecule has 1 aromatic heterocycles. The van der Waals surface area contributed by atoms with Crippen molar-refractivity contribution < 1.29 is 9.90 Å². The van der Waals surface area contributed by atoms with E-state index in [4.69, 9.17) is 28.9 Å². The highest BCUT2D eigenvalue weighted by Gasteiger charge is 2.12. The number of nitrogens with zero attached hydrogens (tertiary/aromatic N) is 2. The van der Waals surface area contributed by atoms with Crippen LogP contribution in [0.3, 0.4) is 0 Å². The zero-order valence-electron chi connectivity index (χ0n) is 15.3. The lowest BCUT2D eigenvalue weighted by Gasteiger charge is -2.12. The second-order valence-corrected chi connectivity index (χ2v) is 7.06. The zero-order valence-corrected chi connectivity index (χ0v) is 16.8. The quantitative estimate of drug-likeness (QED) is 0.430. The first-order valence-corrected chi connectivity index (χ1v) is 9.55. The molecule has 3 aromatic rings. The molecule has 0 saturated heterocycles. The van der Waals surface area contributed by atoms with E-state index in [1.807, 2.05) is 30.3 Å². The van der Waals surface area contributed by atoms with Crippen molar-refractivity contribution in [1.29, 1.82) is 0 Å². The first-order valence-electron chi connectivity index (χ1n) is 8.79. The molecule has 5 N–H and O–H groups in total. The number of rotatable bonds is 8. The average molecular weight is 432 g/mol. The minimum Gasteiger partial charge on any atom is -0.505 e. The minimum atomic E-state index is -0.611. The molecule has 3 rings (SSSR count). The molecule has 0 aliphatic heterocycles. The number of phenolic OH excluding ortho intramolecular Hbond substituents is 1. The summed E-state index contributed by atoms with van der Waals surface area (Å²) in [6.07, 6.45) is 1.96. The van der Waals surface area contributed by atoms with E-state index in [9.17, 15) is 9.90 Å². The standard InChI is InChI=1S/C20H19Cl2N5O2/c21-15-8-13(9-16(22)17(15)28)6-7-24-20-26-11-14(18(23)29)19(27-20)25-10-12-4-2-1-3-5-12/h1-5,8-9,11,28H,6-7,10H2,(H2,23,29)(H2,24,25,26,27). The van der Waals surface area contributed by atoms with Crippen LogP contribution in [0, 0.1) is 0 Å². The molecule has 7 nitrogen and oxygen atoms in total. The second kappa shape index (κ2) is 9.45. The van der Waals surface area contributed by atoms with Crippen molar-refractivity contribution in [3.8, 4) is 5.75 Å². The summed E-state index contributed by atoms with van der Waals surface area (Å²) >= 11 is 11.9. The zero-order chi connectivity index (χ0) is 20.8. The van der Waals surface area contributed by atoms with E-state index in [-0.39, 0.29) is 21.4 Å². The topological polar surface area (TPSA) is 113 Å². The van der Waals surface area contributed by atoms with Gasteiger partial charge >= 0.3 is 0 Å². The maximum absolute atomic E-state index is 11.7. The summed E-state index contributed by atoms with van der Waals surface area (Å²) in [5, 5.41) is 16.2. The number of hydrogen-bond donors (Lipinski definition) is 4. The van der Waals surface area contributed by atoms with Crippen LogP contribution in [0.15, 0.2) is 48.7 Å². The number of benzene rings is 2. The molecule has 0 bridgehead atoms. The molecule has 9 heteroatoms. The van der Waals surface area contributed by atoms with Gasteiger partial charge in [0, 0.05) is 19.3 Å². The first-order chi connectivity index (χ1) is 13.9. The molecule has 0 saturated carbocycles. The number of hydrogen-bond acceptors (Lipinski definition) is 6. The highest BCUT2D eigenvalue weighted by Crippen LogP contribution is 2.32. The van der Waals surface area contributed by atoms with Gasteiger partial charge in [-0.05, 0) is 29.7 Å². The maximum Gasteiger partial charge on any atom is 0.254 e. The van der Waals surface area contributed by atoms with Gasteiger partial charge in [0.25, 0.3) is 5.91 Å². The smallest absolute Gasteiger partial charge is 0.254 e. The Labute approximate surface area is 177 Å². The number of nitrogens with one attached hydrogen (secondary N) is 2. The Morgan fingerprint density at radius 1 is 1.07 bits per heavy atom. The largest absolute Gasteiger partial charge is 0.505 e. The number of aromatic nitrogens is 2. The molecule has 1 amide bonds. The summed E-state index contributed by atoms with van der Waals surface area (Å²) in [7, 11) is 0. The number of nitrogens with two attached hydrogens (primary N) is 1. The highest BCUT2D eigenvalue weighted by atomic mass is 35.5. The van der Waals surface area contributed by atoms with Crippen LogP contribution in [-0.4, -0.2) is 27.5 Å². The van der Waals surface area contributed by atoms with Crippen LogP contribution in [0.1, 0.15) is 21.5 Å². The summed E-state index contributed by atoms with van der Waals surface area (Å²) in [6.45, 7) is 0.980. The van der Waals surface area contributed by atoms with Crippen LogP contribution < -0.4 is 16.4 Å². The van der Waals surface area contributed by atoms with Gasteiger partial charge in [-0.2, -0.15) is 4.98 Å². The molecule has 29 heavy (non-hydrogen) atoms. The molecular weight excluding hydrogens is 413 g/mol. The number of halogens is 2. The lowest BCUT2D eigenvalue weighted by atomic mass is 10.1. The predicted octanol–water partition coefficient (Wildman–Crippen LogP) is 3.85. The molecule has 0 atom stereocenters. The fourth-order valence-corrected chi connectivity index (χ4v) is 3.18. The van der Waals surface area contributed by atoms with Gasteiger partial charge in [0.15, 0.2) is 5.75 Å². The molecule has 0 fully saturated rings. The van der Waals surface area contributed by atoms with Gasteiger partial charge < -0.3 is 21.5 Å². The molecule has 0 unspecified atom stereocenters. The van der Waals surface area contributed by atoms with Gasteiger partial charge in [0.1, 0.15) is 5.82 Å². The van der Waals surface area contributed by atoms with Crippen molar-refractivity contribution in [1.82, 2.24) is 9.97 Å². The fraction of sp³-hybridized carbons (Fsp3) is 0.150. The monoisotopic (exact) mass is 431 g/mol. The molecule has 0 aliphatic carbocycles. The number of primary amides is 1. The summed E-state index contributed by atoms with van der Waals surface area (Å²) in [5.74, 6) is -0.0406. The highest BCUT2D eigenvalue weighted by molar-refractivity contribution is 6.37. The van der Waals surface area contributed by atoms with Gasteiger partial charge in [0.05, 0.1) is 15.6 Å². The van der Waals surface area contributed by atoms with E-state index >= 15 is 0 Å². The van der Waals surface area contributed by atoms with Crippen LogP contribution in [0.5, 0.6) is 5.75 Å². The molecular formula is C20H19Cl2N5O2. The molecule has 0 aliphatic rings. The van der Waals surface area contributed by atoms with Crippen molar-refractivity contribution in [2.75, 3.05) is 17.2 Å². The van der Waals surface area contributed by atoms with E-state index in [0.29, 0.717) is 31.3 Å². The van der Waals surface area contributed by atoms with E-state index in [1.165, 1.54) is 6.20 Å².